The molecule has 100 valence electrons. The standard InChI is InChI=1S/C13H12ClF2N3/c14-9-4-3-8(11(16)7-9)6-12(19-17)13-10(15)2-1-5-18-13/h1-5,7,12,19H,6,17H2. The molecule has 2 aromatic rings. The van der Waals surface area contributed by atoms with Gasteiger partial charge in [-0.2, -0.15) is 0 Å². The van der Waals surface area contributed by atoms with Crippen LogP contribution in [0.4, 0.5) is 8.78 Å². The Kier molecular flexibility index (Phi) is 4.42. The molecule has 0 aliphatic heterocycles. The Labute approximate surface area is 114 Å². The molecular formula is C13H12ClF2N3. The van der Waals surface area contributed by atoms with E-state index in [1.807, 2.05) is 0 Å². The molecule has 3 N–H and O–H groups in total. The summed E-state index contributed by atoms with van der Waals surface area (Å²) < 4.78 is 27.3. The van der Waals surface area contributed by atoms with Gasteiger partial charge in [0.25, 0.3) is 0 Å². The Hall–Kier alpha value is -1.56. The van der Waals surface area contributed by atoms with Gasteiger partial charge in [-0.1, -0.05) is 17.7 Å². The number of aromatic nitrogens is 1. The van der Waals surface area contributed by atoms with Gasteiger partial charge in [-0.3, -0.25) is 16.3 Å². The lowest BCUT2D eigenvalue weighted by Crippen LogP contribution is -2.31. The van der Waals surface area contributed by atoms with Crippen LogP contribution in [0.3, 0.4) is 0 Å². The number of hydrazine groups is 1. The first kappa shape index (κ1) is 13.9. The second-order valence-electron chi connectivity index (χ2n) is 4.03. The summed E-state index contributed by atoms with van der Waals surface area (Å²) in [6.45, 7) is 0. The van der Waals surface area contributed by atoms with Gasteiger partial charge in [0, 0.05) is 11.2 Å². The number of benzene rings is 1. The van der Waals surface area contributed by atoms with E-state index in [1.165, 1.54) is 24.4 Å². The Morgan fingerprint density at radius 3 is 2.68 bits per heavy atom. The highest BCUT2D eigenvalue weighted by molar-refractivity contribution is 6.30. The molecule has 1 aromatic carbocycles. The third-order valence-electron chi connectivity index (χ3n) is 2.76. The normalized spacial score (nSPS) is 12.4. The van der Waals surface area contributed by atoms with Crippen LogP contribution in [0.15, 0.2) is 36.5 Å². The number of rotatable bonds is 4. The molecular weight excluding hydrogens is 272 g/mol. The van der Waals surface area contributed by atoms with Crippen LogP contribution in [-0.4, -0.2) is 4.98 Å². The number of nitrogens with two attached hydrogens (primary N) is 1. The van der Waals surface area contributed by atoms with Crippen LogP contribution in [0.25, 0.3) is 0 Å². The predicted octanol–water partition coefficient (Wildman–Crippen LogP) is 2.76. The molecule has 0 saturated heterocycles. The van der Waals surface area contributed by atoms with Crippen molar-refractivity contribution in [3.05, 3.63) is 64.4 Å². The molecule has 1 atom stereocenters. The molecule has 6 heteroatoms. The maximum atomic E-state index is 13.7. The summed E-state index contributed by atoms with van der Waals surface area (Å²) in [5.41, 5.74) is 2.99. The van der Waals surface area contributed by atoms with Crippen molar-refractivity contribution in [2.75, 3.05) is 0 Å². The van der Waals surface area contributed by atoms with Crippen molar-refractivity contribution in [2.24, 2.45) is 5.84 Å². The SMILES string of the molecule is NNC(Cc1ccc(Cl)cc1F)c1ncccc1F. The highest BCUT2D eigenvalue weighted by atomic mass is 35.5. The minimum atomic E-state index is -0.614. The van der Waals surface area contributed by atoms with Crippen LogP contribution in [0.1, 0.15) is 17.3 Å². The van der Waals surface area contributed by atoms with Gasteiger partial charge >= 0.3 is 0 Å². The molecule has 0 aliphatic carbocycles. The van der Waals surface area contributed by atoms with E-state index in [-0.39, 0.29) is 12.1 Å². The molecule has 0 fully saturated rings. The Morgan fingerprint density at radius 2 is 2.05 bits per heavy atom. The van der Waals surface area contributed by atoms with Crippen molar-refractivity contribution in [3.8, 4) is 0 Å². The number of pyridine rings is 1. The summed E-state index contributed by atoms with van der Waals surface area (Å²) in [5.74, 6) is 4.46. The molecule has 0 radical (unpaired) electrons. The van der Waals surface area contributed by atoms with Gasteiger partial charge in [0.15, 0.2) is 0 Å². The van der Waals surface area contributed by atoms with Crippen LogP contribution in [0, 0.1) is 11.6 Å². The van der Waals surface area contributed by atoms with Crippen molar-refractivity contribution in [1.82, 2.24) is 10.4 Å². The summed E-state index contributed by atoms with van der Waals surface area (Å²) >= 11 is 5.68. The van der Waals surface area contributed by atoms with Crippen LogP contribution < -0.4 is 11.3 Å². The van der Waals surface area contributed by atoms with Crippen LogP contribution >= 0.6 is 11.6 Å². The van der Waals surface area contributed by atoms with E-state index in [4.69, 9.17) is 17.4 Å². The summed E-state index contributed by atoms with van der Waals surface area (Å²) in [5, 5.41) is 0.308. The molecule has 0 amide bonds. The van der Waals surface area contributed by atoms with Gasteiger partial charge in [-0.15, -0.1) is 0 Å². The first-order valence-electron chi connectivity index (χ1n) is 5.62. The number of halogens is 3. The predicted molar refractivity (Wildman–Crippen MR) is 69.4 cm³/mol. The topological polar surface area (TPSA) is 50.9 Å². The van der Waals surface area contributed by atoms with E-state index >= 15 is 0 Å². The third kappa shape index (κ3) is 3.26. The van der Waals surface area contributed by atoms with Crippen LogP contribution in [0.2, 0.25) is 5.02 Å². The average molecular weight is 284 g/mol. The molecule has 0 bridgehead atoms. The molecule has 1 heterocycles. The first-order chi connectivity index (χ1) is 9.11. The Balaban J connectivity index is 2.27. The lowest BCUT2D eigenvalue weighted by molar-refractivity contribution is 0.485. The number of nitrogens with one attached hydrogen (secondary N) is 1. The Bertz CT molecular complexity index is 578. The highest BCUT2D eigenvalue weighted by Crippen LogP contribution is 2.22. The van der Waals surface area contributed by atoms with Gasteiger partial charge in [0.05, 0.1) is 11.7 Å². The molecule has 1 unspecified atom stereocenters. The molecule has 0 saturated carbocycles. The molecule has 0 aliphatic rings. The molecule has 0 spiro atoms. The maximum absolute atomic E-state index is 13.7. The lowest BCUT2D eigenvalue weighted by Gasteiger charge is -2.16. The van der Waals surface area contributed by atoms with Gasteiger partial charge in [0.2, 0.25) is 0 Å². The monoisotopic (exact) mass is 283 g/mol. The smallest absolute Gasteiger partial charge is 0.146 e. The fourth-order valence-corrected chi connectivity index (χ4v) is 1.95. The molecule has 3 nitrogen and oxygen atoms in total. The Morgan fingerprint density at radius 1 is 1.26 bits per heavy atom. The van der Waals surface area contributed by atoms with Gasteiger partial charge in [-0.05, 0) is 36.2 Å². The quantitative estimate of drug-likeness (QED) is 0.670. The van der Waals surface area contributed by atoms with Crippen LogP contribution in [-0.2, 0) is 6.42 Å². The maximum Gasteiger partial charge on any atom is 0.146 e. The second-order valence-corrected chi connectivity index (χ2v) is 4.47. The second kappa shape index (κ2) is 6.06. The molecule has 19 heavy (non-hydrogen) atoms. The van der Waals surface area contributed by atoms with Crippen molar-refractivity contribution in [3.63, 3.8) is 0 Å². The summed E-state index contributed by atoms with van der Waals surface area (Å²) in [7, 11) is 0. The number of hydrogen-bond donors (Lipinski definition) is 2. The fourth-order valence-electron chi connectivity index (χ4n) is 1.80. The lowest BCUT2D eigenvalue weighted by atomic mass is 10.0. The van der Waals surface area contributed by atoms with Crippen LogP contribution in [0.5, 0.6) is 0 Å². The average Bonchev–Trinajstić information content (AvgIpc) is 2.39. The van der Waals surface area contributed by atoms with Crippen molar-refractivity contribution in [2.45, 2.75) is 12.5 Å². The van der Waals surface area contributed by atoms with E-state index in [0.29, 0.717) is 10.6 Å². The molecule has 1 aromatic heterocycles. The summed E-state index contributed by atoms with van der Waals surface area (Å²) in [6.07, 6.45) is 1.63. The zero-order valence-electron chi connectivity index (χ0n) is 9.91. The zero-order valence-corrected chi connectivity index (χ0v) is 10.7. The van der Waals surface area contributed by atoms with Crippen molar-refractivity contribution < 1.29 is 8.78 Å². The van der Waals surface area contributed by atoms with Gasteiger partial charge < -0.3 is 0 Å². The minimum absolute atomic E-state index is 0.152. The molecule has 2 rings (SSSR count). The van der Waals surface area contributed by atoms with E-state index in [0.717, 1.165) is 0 Å². The zero-order chi connectivity index (χ0) is 13.8. The highest BCUT2D eigenvalue weighted by Gasteiger charge is 2.18. The fraction of sp³-hybridized carbons (Fsp3) is 0.154. The number of nitrogens with zero attached hydrogens (tertiary/aromatic N) is 1. The van der Waals surface area contributed by atoms with Gasteiger partial charge in [0.1, 0.15) is 11.6 Å². The van der Waals surface area contributed by atoms with E-state index in [9.17, 15) is 8.78 Å². The minimum Gasteiger partial charge on any atom is -0.271 e. The summed E-state index contributed by atoms with van der Waals surface area (Å²) in [6, 6.07) is 6.47. The first-order valence-corrected chi connectivity index (χ1v) is 6.00. The van der Waals surface area contributed by atoms with E-state index < -0.39 is 17.7 Å². The largest absolute Gasteiger partial charge is 0.271 e. The summed E-state index contributed by atoms with van der Waals surface area (Å²) in [4.78, 5) is 3.93. The number of hydrogen-bond acceptors (Lipinski definition) is 3. The van der Waals surface area contributed by atoms with E-state index in [2.05, 4.69) is 10.4 Å². The van der Waals surface area contributed by atoms with Crippen molar-refractivity contribution >= 4 is 11.6 Å². The van der Waals surface area contributed by atoms with E-state index in [1.54, 1.807) is 12.1 Å². The third-order valence-corrected chi connectivity index (χ3v) is 2.99. The van der Waals surface area contributed by atoms with Gasteiger partial charge in [-0.25, -0.2) is 8.78 Å². The van der Waals surface area contributed by atoms with Crippen molar-refractivity contribution in [1.29, 1.82) is 0 Å².